The van der Waals surface area contributed by atoms with Gasteiger partial charge in [0.1, 0.15) is 5.82 Å². The molecule has 0 aliphatic heterocycles. The second-order valence-corrected chi connectivity index (χ2v) is 6.00. The van der Waals surface area contributed by atoms with Crippen LogP contribution in [0.5, 0.6) is 0 Å². The third kappa shape index (κ3) is 3.06. The van der Waals surface area contributed by atoms with E-state index in [1.807, 2.05) is 19.9 Å². The van der Waals surface area contributed by atoms with E-state index in [0.717, 1.165) is 11.4 Å². The normalized spacial score (nSPS) is 11.0. The first-order chi connectivity index (χ1) is 10.3. The van der Waals surface area contributed by atoms with Crippen molar-refractivity contribution in [1.82, 2.24) is 9.47 Å². The monoisotopic (exact) mass is 302 g/mol. The topological polar surface area (TPSA) is 25.2 Å². The molecular formula is C18H23FN2O. The Balaban J connectivity index is 2.25. The fourth-order valence-corrected chi connectivity index (χ4v) is 2.95. The van der Waals surface area contributed by atoms with Crippen molar-refractivity contribution in [3.8, 4) is 0 Å². The lowest BCUT2D eigenvalue weighted by Crippen LogP contribution is -2.27. The highest BCUT2D eigenvalue weighted by Crippen LogP contribution is 2.22. The highest BCUT2D eigenvalue weighted by molar-refractivity contribution is 5.95. The first kappa shape index (κ1) is 16.3. The van der Waals surface area contributed by atoms with Crippen LogP contribution in [0.2, 0.25) is 0 Å². The van der Waals surface area contributed by atoms with Crippen molar-refractivity contribution in [3.05, 3.63) is 58.7 Å². The molecule has 0 bridgehead atoms. The molecule has 1 aromatic carbocycles. The molecule has 0 aliphatic rings. The smallest absolute Gasteiger partial charge is 0.255 e. The van der Waals surface area contributed by atoms with Crippen molar-refractivity contribution in [3.63, 3.8) is 0 Å². The maximum absolute atomic E-state index is 13.7. The Bertz CT molecular complexity index is 688. The SMILES string of the molecule is Cc1cc(C(=O)N(C)Cc2ccccc2F)c(C)n1C(C)C. The van der Waals surface area contributed by atoms with Crippen LogP contribution < -0.4 is 0 Å². The Morgan fingerprint density at radius 1 is 1.27 bits per heavy atom. The summed E-state index contributed by atoms with van der Waals surface area (Å²) in [5, 5.41) is 0. The summed E-state index contributed by atoms with van der Waals surface area (Å²) >= 11 is 0. The summed E-state index contributed by atoms with van der Waals surface area (Å²) in [5.41, 5.74) is 3.23. The molecule has 0 saturated heterocycles. The minimum absolute atomic E-state index is 0.0803. The fourth-order valence-electron chi connectivity index (χ4n) is 2.95. The van der Waals surface area contributed by atoms with Gasteiger partial charge in [0.2, 0.25) is 0 Å². The zero-order chi connectivity index (χ0) is 16.4. The summed E-state index contributed by atoms with van der Waals surface area (Å²) in [6.07, 6.45) is 0. The van der Waals surface area contributed by atoms with Crippen LogP contribution in [0.4, 0.5) is 4.39 Å². The van der Waals surface area contributed by atoms with Crippen LogP contribution >= 0.6 is 0 Å². The van der Waals surface area contributed by atoms with Crippen LogP contribution in [0.25, 0.3) is 0 Å². The van der Waals surface area contributed by atoms with E-state index in [4.69, 9.17) is 0 Å². The minimum atomic E-state index is -0.283. The molecule has 0 radical (unpaired) electrons. The molecule has 1 heterocycles. The van der Waals surface area contributed by atoms with Crippen LogP contribution in [-0.2, 0) is 6.54 Å². The van der Waals surface area contributed by atoms with Crippen LogP contribution in [0.3, 0.4) is 0 Å². The number of hydrogen-bond donors (Lipinski definition) is 0. The molecular weight excluding hydrogens is 279 g/mol. The maximum Gasteiger partial charge on any atom is 0.255 e. The number of amides is 1. The van der Waals surface area contributed by atoms with Gasteiger partial charge < -0.3 is 9.47 Å². The number of benzene rings is 1. The van der Waals surface area contributed by atoms with E-state index in [0.29, 0.717) is 17.2 Å². The highest BCUT2D eigenvalue weighted by Gasteiger charge is 2.20. The number of aryl methyl sites for hydroxylation is 1. The number of carbonyl (C=O) groups is 1. The fraction of sp³-hybridized carbons (Fsp3) is 0.389. The molecule has 0 N–H and O–H groups in total. The van der Waals surface area contributed by atoms with Crippen LogP contribution in [0.15, 0.2) is 30.3 Å². The number of rotatable bonds is 4. The highest BCUT2D eigenvalue weighted by atomic mass is 19.1. The number of halogens is 1. The molecule has 22 heavy (non-hydrogen) atoms. The lowest BCUT2D eigenvalue weighted by Gasteiger charge is -2.18. The van der Waals surface area contributed by atoms with Crippen LogP contribution in [0, 0.1) is 19.7 Å². The molecule has 0 atom stereocenters. The van der Waals surface area contributed by atoms with E-state index in [2.05, 4.69) is 18.4 Å². The molecule has 4 heteroatoms. The van der Waals surface area contributed by atoms with Gasteiger partial charge in [0.25, 0.3) is 5.91 Å². The quantitative estimate of drug-likeness (QED) is 0.835. The van der Waals surface area contributed by atoms with E-state index in [1.54, 1.807) is 30.1 Å². The first-order valence-electron chi connectivity index (χ1n) is 7.50. The van der Waals surface area contributed by atoms with E-state index in [-0.39, 0.29) is 18.3 Å². The third-order valence-corrected chi connectivity index (χ3v) is 3.94. The number of hydrogen-bond acceptors (Lipinski definition) is 1. The van der Waals surface area contributed by atoms with Gasteiger partial charge in [0.15, 0.2) is 0 Å². The number of aromatic nitrogens is 1. The van der Waals surface area contributed by atoms with Crippen molar-refractivity contribution >= 4 is 5.91 Å². The van der Waals surface area contributed by atoms with Crippen LogP contribution in [-0.4, -0.2) is 22.4 Å². The van der Waals surface area contributed by atoms with E-state index in [1.165, 1.54) is 6.07 Å². The van der Waals surface area contributed by atoms with E-state index < -0.39 is 0 Å². The predicted octanol–water partition coefficient (Wildman–Crippen LogP) is 4.10. The Morgan fingerprint density at radius 2 is 1.91 bits per heavy atom. The third-order valence-electron chi connectivity index (χ3n) is 3.94. The van der Waals surface area contributed by atoms with Crippen molar-refractivity contribution in [2.75, 3.05) is 7.05 Å². The molecule has 1 aromatic heterocycles. The standard InChI is InChI=1S/C18H23FN2O/c1-12(2)21-13(3)10-16(14(21)4)18(22)20(5)11-15-8-6-7-9-17(15)19/h6-10,12H,11H2,1-5H3. The van der Waals surface area contributed by atoms with Gasteiger partial charge >= 0.3 is 0 Å². The van der Waals surface area contributed by atoms with Crippen molar-refractivity contribution in [1.29, 1.82) is 0 Å². The van der Waals surface area contributed by atoms with Gasteiger partial charge in [0, 0.05) is 36.6 Å². The maximum atomic E-state index is 13.7. The van der Waals surface area contributed by atoms with Crippen molar-refractivity contribution < 1.29 is 9.18 Å². The number of carbonyl (C=O) groups excluding carboxylic acids is 1. The molecule has 0 spiro atoms. The number of nitrogens with zero attached hydrogens (tertiary/aromatic N) is 2. The zero-order valence-corrected chi connectivity index (χ0v) is 13.9. The van der Waals surface area contributed by atoms with Gasteiger partial charge in [-0.15, -0.1) is 0 Å². The molecule has 0 saturated carbocycles. The second-order valence-electron chi connectivity index (χ2n) is 6.00. The van der Waals surface area contributed by atoms with Gasteiger partial charge in [-0.25, -0.2) is 4.39 Å². The largest absolute Gasteiger partial charge is 0.346 e. The molecule has 1 amide bonds. The second kappa shape index (κ2) is 6.34. The molecule has 2 rings (SSSR count). The molecule has 118 valence electrons. The summed E-state index contributed by atoms with van der Waals surface area (Å²) in [6, 6.07) is 8.76. The Labute approximate surface area is 131 Å². The summed E-state index contributed by atoms with van der Waals surface area (Å²) in [5.74, 6) is -0.363. The lowest BCUT2D eigenvalue weighted by atomic mass is 10.1. The minimum Gasteiger partial charge on any atom is -0.346 e. The van der Waals surface area contributed by atoms with Gasteiger partial charge in [-0.1, -0.05) is 18.2 Å². The zero-order valence-electron chi connectivity index (χ0n) is 13.9. The molecule has 3 nitrogen and oxygen atoms in total. The lowest BCUT2D eigenvalue weighted by molar-refractivity contribution is 0.0783. The Kier molecular flexibility index (Phi) is 4.69. The molecule has 0 aliphatic carbocycles. The average molecular weight is 302 g/mol. The van der Waals surface area contributed by atoms with Gasteiger partial charge in [-0.3, -0.25) is 4.79 Å². The summed E-state index contributed by atoms with van der Waals surface area (Å²) in [7, 11) is 1.70. The predicted molar refractivity (Wildman–Crippen MR) is 86.5 cm³/mol. The Morgan fingerprint density at radius 3 is 2.45 bits per heavy atom. The molecule has 2 aromatic rings. The van der Waals surface area contributed by atoms with E-state index in [9.17, 15) is 9.18 Å². The van der Waals surface area contributed by atoms with Crippen molar-refractivity contribution in [2.45, 2.75) is 40.3 Å². The van der Waals surface area contributed by atoms with Gasteiger partial charge in [0.05, 0.1) is 5.56 Å². The van der Waals surface area contributed by atoms with E-state index >= 15 is 0 Å². The average Bonchev–Trinajstić information content (AvgIpc) is 2.75. The summed E-state index contributed by atoms with van der Waals surface area (Å²) in [6.45, 7) is 8.41. The first-order valence-corrected chi connectivity index (χ1v) is 7.50. The van der Waals surface area contributed by atoms with Crippen LogP contribution in [0.1, 0.15) is 47.2 Å². The molecule has 0 unspecified atom stereocenters. The van der Waals surface area contributed by atoms with Crippen molar-refractivity contribution in [2.24, 2.45) is 0 Å². The molecule has 0 fully saturated rings. The van der Waals surface area contributed by atoms with Gasteiger partial charge in [-0.2, -0.15) is 0 Å². The Hall–Kier alpha value is -2.10. The van der Waals surface area contributed by atoms with Gasteiger partial charge in [-0.05, 0) is 39.8 Å². The summed E-state index contributed by atoms with van der Waals surface area (Å²) in [4.78, 5) is 14.2. The summed E-state index contributed by atoms with van der Waals surface area (Å²) < 4.78 is 15.9.